The Bertz CT molecular complexity index is 678. The van der Waals surface area contributed by atoms with Crippen LogP contribution in [-0.4, -0.2) is 18.2 Å². The van der Waals surface area contributed by atoms with Crippen LogP contribution in [0.3, 0.4) is 0 Å². The van der Waals surface area contributed by atoms with Gasteiger partial charge in [0.1, 0.15) is 5.76 Å². The smallest absolute Gasteiger partial charge is 0.117 e. The minimum atomic E-state index is -0.0599. The van der Waals surface area contributed by atoms with Crippen LogP contribution >= 0.6 is 0 Å². The van der Waals surface area contributed by atoms with Crippen molar-refractivity contribution in [1.82, 2.24) is 5.32 Å². The Kier molecular flexibility index (Phi) is 6.44. The minimum absolute atomic E-state index is 0.0599. The molecular formula is C24H35NO2. The van der Waals surface area contributed by atoms with Gasteiger partial charge in [-0.1, -0.05) is 44.2 Å². The second kappa shape index (κ2) is 8.62. The van der Waals surface area contributed by atoms with Gasteiger partial charge in [0.05, 0.1) is 18.4 Å². The van der Waals surface area contributed by atoms with E-state index >= 15 is 0 Å². The van der Waals surface area contributed by atoms with Crippen molar-refractivity contribution in [2.45, 2.75) is 71.6 Å². The summed E-state index contributed by atoms with van der Waals surface area (Å²) in [5.74, 6) is 1.57. The van der Waals surface area contributed by atoms with Crippen molar-refractivity contribution >= 4 is 0 Å². The van der Waals surface area contributed by atoms with E-state index in [1.807, 2.05) is 12.1 Å². The normalized spacial score (nSPS) is 23.4. The molecule has 0 radical (unpaired) electrons. The Morgan fingerprint density at radius 1 is 1.07 bits per heavy atom. The zero-order chi connectivity index (χ0) is 19.3. The molecule has 0 aliphatic carbocycles. The molecule has 0 bridgehead atoms. The fourth-order valence-corrected chi connectivity index (χ4v) is 4.67. The SMILES string of the molecule is CC(C)[C@@H](C[C@]1(Cc2ccccc2)CCOC(C)(C)C1)NCc1ccco1. The van der Waals surface area contributed by atoms with Crippen LogP contribution in [0.25, 0.3) is 0 Å². The Morgan fingerprint density at radius 3 is 2.48 bits per heavy atom. The van der Waals surface area contributed by atoms with E-state index in [1.165, 1.54) is 5.56 Å². The van der Waals surface area contributed by atoms with Crippen molar-refractivity contribution in [3.05, 3.63) is 60.1 Å². The lowest BCUT2D eigenvalue weighted by atomic mass is 9.66. The standard InChI is InChI=1S/C24H35NO2/c1-19(2)22(25-17-21-11-8-13-26-21)16-24(12-14-27-23(3,4)18-24)15-20-9-6-5-7-10-20/h5-11,13,19,22,25H,12,14-18H2,1-4H3/t22-,24-/m1/s1. The van der Waals surface area contributed by atoms with Gasteiger partial charge in [-0.05, 0) is 68.6 Å². The molecule has 0 amide bonds. The first kappa shape index (κ1) is 20.2. The molecule has 3 rings (SSSR count). The molecule has 1 saturated heterocycles. The number of benzene rings is 1. The predicted octanol–water partition coefficient (Wildman–Crippen LogP) is 5.60. The van der Waals surface area contributed by atoms with Crippen LogP contribution in [0.5, 0.6) is 0 Å². The molecule has 0 spiro atoms. The molecule has 1 aromatic heterocycles. The molecule has 2 atom stereocenters. The molecule has 148 valence electrons. The van der Waals surface area contributed by atoms with Crippen molar-refractivity contribution in [2.24, 2.45) is 11.3 Å². The summed E-state index contributed by atoms with van der Waals surface area (Å²) in [5, 5.41) is 3.77. The van der Waals surface area contributed by atoms with Gasteiger partial charge in [-0.15, -0.1) is 0 Å². The highest BCUT2D eigenvalue weighted by Crippen LogP contribution is 2.45. The average Bonchev–Trinajstić information content (AvgIpc) is 3.12. The number of hydrogen-bond acceptors (Lipinski definition) is 3. The summed E-state index contributed by atoms with van der Waals surface area (Å²) < 4.78 is 11.6. The first-order valence-electron chi connectivity index (χ1n) is 10.3. The van der Waals surface area contributed by atoms with Gasteiger partial charge in [-0.25, -0.2) is 0 Å². The third-order valence-electron chi connectivity index (χ3n) is 5.92. The summed E-state index contributed by atoms with van der Waals surface area (Å²) in [4.78, 5) is 0. The molecule has 1 aliphatic heterocycles. The summed E-state index contributed by atoms with van der Waals surface area (Å²) in [6.45, 7) is 10.8. The second-order valence-electron chi connectivity index (χ2n) is 9.21. The van der Waals surface area contributed by atoms with Crippen LogP contribution in [-0.2, 0) is 17.7 Å². The van der Waals surface area contributed by atoms with Gasteiger partial charge in [-0.3, -0.25) is 0 Å². The predicted molar refractivity (Wildman–Crippen MR) is 111 cm³/mol. The van der Waals surface area contributed by atoms with E-state index in [9.17, 15) is 0 Å². The Labute approximate surface area is 164 Å². The molecule has 3 nitrogen and oxygen atoms in total. The van der Waals surface area contributed by atoms with Crippen LogP contribution < -0.4 is 5.32 Å². The van der Waals surface area contributed by atoms with Crippen molar-refractivity contribution < 1.29 is 9.15 Å². The summed E-state index contributed by atoms with van der Waals surface area (Å²) in [7, 11) is 0. The zero-order valence-corrected chi connectivity index (χ0v) is 17.3. The van der Waals surface area contributed by atoms with Gasteiger partial charge in [0, 0.05) is 12.6 Å². The number of nitrogens with one attached hydrogen (secondary N) is 1. The highest BCUT2D eigenvalue weighted by atomic mass is 16.5. The van der Waals surface area contributed by atoms with Crippen LogP contribution in [0.4, 0.5) is 0 Å². The molecule has 27 heavy (non-hydrogen) atoms. The monoisotopic (exact) mass is 369 g/mol. The van der Waals surface area contributed by atoms with Crippen molar-refractivity contribution in [3.63, 3.8) is 0 Å². The van der Waals surface area contributed by atoms with Crippen molar-refractivity contribution in [3.8, 4) is 0 Å². The van der Waals surface area contributed by atoms with E-state index in [0.29, 0.717) is 12.0 Å². The average molecular weight is 370 g/mol. The maximum absolute atomic E-state index is 6.08. The number of hydrogen-bond donors (Lipinski definition) is 1. The molecule has 3 heteroatoms. The van der Waals surface area contributed by atoms with Crippen molar-refractivity contribution in [1.29, 1.82) is 0 Å². The summed E-state index contributed by atoms with van der Waals surface area (Å²) in [6.07, 6.45) is 6.25. The van der Waals surface area contributed by atoms with Gasteiger partial charge in [0.2, 0.25) is 0 Å². The highest BCUT2D eigenvalue weighted by molar-refractivity contribution is 5.17. The van der Waals surface area contributed by atoms with Gasteiger partial charge in [0.25, 0.3) is 0 Å². The lowest BCUT2D eigenvalue weighted by molar-refractivity contribution is -0.110. The molecule has 1 aromatic carbocycles. The minimum Gasteiger partial charge on any atom is -0.468 e. The molecule has 0 saturated carbocycles. The van der Waals surface area contributed by atoms with E-state index in [1.54, 1.807) is 6.26 Å². The number of furan rings is 1. The second-order valence-corrected chi connectivity index (χ2v) is 9.21. The Hall–Kier alpha value is -1.58. The molecular weight excluding hydrogens is 334 g/mol. The van der Waals surface area contributed by atoms with Crippen LogP contribution in [0, 0.1) is 11.3 Å². The Balaban J connectivity index is 1.77. The van der Waals surface area contributed by atoms with Gasteiger partial charge >= 0.3 is 0 Å². The van der Waals surface area contributed by atoms with E-state index in [0.717, 1.165) is 44.6 Å². The highest BCUT2D eigenvalue weighted by Gasteiger charge is 2.42. The van der Waals surface area contributed by atoms with E-state index in [4.69, 9.17) is 9.15 Å². The lowest BCUT2D eigenvalue weighted by Gasteiger charge is -2.47. The lowest BCUT2D eigenvalue weighted by Crippen LogP contribution is -2.47. The van der Waals surface area contributed by atoms with E-state index in [-0.39, 0.29) is 11.0 Å². The maximum atomic E-state index is 6.08. The summed E-state index contributed by atoms with van der Waals surface area (Å²) in [5.41, 5.74) is 1.63. The fraction of sp³-hybridized carbons (Fsp3) is 0.583. The maximum Gasteiger partial charge on any atom is 0.117 e. The van der Waals surface area contributed by atoms with Gasteiger partial charge in [-0.2, -0.15) is 0 Å². The molecule has 2 heterocycles. The number of ether oxygens (including phenoxy) is 1. The van der Waals surface area contributed by atoms with Crippen LogP contribution in [0.15, 0.2) is 53.1 Å². The van der Waals surface area contributed by atoms with E-state index < -0.39 is 0 Å². The molecule has 0 unspecified atom stereocenters. The summed E-state index contributed by atoms with van der Waals surface area (Å²) in [6, 6.07) is 15.4. The third kappa shape index (κ3) is 5.70. The first-order valence-corrected chi connectivity index (χ1v) is 10.3. The quantitative estimate of drug-likeness (QED) is 0.657. The first-order chi connectivity index (χ1) is 12.9. The Morgan fingerprint density at radius 2 is 1.85 bits per heavy atom. The van der Waals surface area contributed by atoms with Crippen LogP contribution in [0.2, 0.25) is 0 Å². The van der Waals surface area contributed by atoms with Gasteiger partial charge in [0.15, 0.2) is 0 Å². The third-order valence-corrected chi connectivity index (χ3v) is 5.92. The zero-order valence-electron chi connectivity index (χ0n) is 17.3. The number of rotatable bonds is 8. The molecule has 1 fully saturated rings. The van der Waals surface area contributed by atoms with Crippen molar-refractivity contribution in [2.75, 3.05) is 6.61 Å². The largest absolute Gasteiger partial charge is 0.468 e. The van der Waals surface area contributed by atoms with E-state index in [2.05, 4.69) is 63.3 Å². The fourth-order valence-electron chi connectivity index (χ4n) is 4.67. The van der Waals surface area contributed by atoms with Gasteiger partial charge < -0.3 is 14.5 Å². The molecule has 1 N–H and O–H groups in total. The van der Waals surface area contributed by atoms with Crippen LogP contribution in [0.1, 0.15) is 58.3 Å². The topological polar surface area (TPSA) is 34.4 Å². The molecule has 1 aliphatic rings. The molecule has 2 aromatic rings. The summed E-state index contributed by atoms with van der Waals surface area (Å²) >= 11 is 0.